The van der Waals surface area contributed by atoms with E-state index in [4.69, 9.17) is 4.74 Å². The van der Waals surface area contributed by atoms with Gasteiger partial charge in [0.1, 0.15) is 6.61 Å². The first kappa shape index (κ1) is 16.4. The molecule has 1 aliphatic heterocycles. The highest BCUT2D eigenvalue weighted by molar-refractivity contribution is 5.96. The zero-order valence-corrected chi connectivity index (χ0v) is 12.9. The Morgan fingerprint density at radius 3 is 2.73 bits per heavy atom. The van der Waals surface area contributed by atoms with Gasteiger partial charge in [0, 0.05) is 24.6 Å². The van der Waals surface area contributed by atoms with E-state index in [9.17, 15) is 14.9 Å². The molecule has 0 saturated carbocycles. The number of Topliss-reactive ketones (excluding diaryl/α,β-unsaturated/α-hetero) is 1. The molecule has 1 fully saturated rings. The number of carbonyl (C=O) groups is 1. The van der Waals surface area contributed by atoms with Crippen LogP contribution in [0.5, 0.6) is 5.75 Å². The molecule has 0 spiro atoms. The fourth-order valence-corrected chi connectivity index (χ4v) is 2.62. The van der Waals surface area contributed by atoms with Gasteiger partial charge in [-0.2, -0.15) is 0 Å². The molecule has 0 aromatic heterocycles. The van der Waals surface area contributed by atoms with E-state index in [1.54, 1.807) is 6.07 Å². The monoisotopic (exact) mass is 306 g/mol. The summed E-state index contributed by atoms with van der Waals surface area (Å²) in [6.07, 6.45) is 3.52. The van der Waals surface area contributed by atoms with Crippen molar-refractivity contribution in [2.24, 2.45) is 0 Å². The molecule has 0 amide bonds. The molecule has 2 rings (SSSR count). The lowest BCUT2D eigenvalue weighted by Gasteiger charge is -2.15. The first-order valence-corrected chi connectivity index (χ1v) is 7.78. The van der Waals surface area contributed by atoms with E-state index in [0.29, 0.717) is 18.6 Å². The average molecular weight is 306 g/mol. The Bertz CT molecular complexity index is 539. The molecule has 6 heteroatoms. The van der Waals surface area contributed by atoms with Crippen LogP contribution in [0.3, 0.4) is 0 Å². The van der Waals surface area contributed by atoms with Gasteiger partial charge in [0.2, 0.25) is 0 Å². The lowest BCUT2D eigenvalue weighted by molar-refractivity contribution is -0.385. The summed E-state index contributed by atoms with van der Waals surface area (Å²) in [5.41, 5.74) is 0.240. The fraction of sp³-hybridized carbons (Fsp3) is 0.562. The van der Waals surface area contributed by atoms with E-state index in [1.165, 1.54) is 25.0 Å². The van der Waals surface area contributed by atoms with E-state index in [2.05, 4.69) is 4.90 Å². The van der Waals surface area contributed by atoms with E-state index < -0.39 is 4.92 Å². The van der Waals surface area contributed by atoms with Crippen molar-refractivity contribution in [2.45, 2.75) is 32.6 Å². The van der Waals surface area contributed by atoms with Crippen molar-refractivity contribution in [1.82, 2.24) is 4.90 Å². The average Bonchev–Trinajstić information content (AvgIpc) is 3.01. The van der Waals surface area contributed by atoms with Crippen LogP contribution < -0.4 is 4.74 Å². The summed E-state index contributed by atoms with van der Waals surface area (Å²) in [6, 6.07) is 4.46. The zero-order chi connectivity index (χ0) is 15.9. The Kier molecular flexibility index (Phi) is 5.89. The standard InChI is InChI=1S/C16H22N2O4/c1-2-5-15(19)13-6-7-16(14(12-13)18(20)21)22-11-10-17-8-3-4-9-17/h6-7,12H,2-5,8-11H2,1H3. The third-order valence-corrected chi connectivity index (χ3v) is 3.82. The number of rotatable bonds is 8. The van der Waals surface area contributed by atoms with Crippen molar-refractivity contribution in [3.63, 3.8) is 0 Å². The van der Waals surface area contributed by atoms with Crippen LogP contribution in [0.2, 0.25) is 0 Å². The lowest BCUT2D eigenvalue weighted by atomic mass is 10.1. The van der Waals surface area contributed by atoms with E-state index in [0.717, 1.165) is 26.1 Å². The number of likely N-dealkylation sites (tertiary alicyclic amines) is 1. The van der Waals surface area contributed by atoms with Gasteiger partial charge in [-0.25, -0.2) is 0 Å². The Labute approximate surface area is 130 Å². The van der Waals surface area contributed by atoms with Crippen LogP contribution >= 0.6 is 0 Å². The second-order valence-electron chi connectivity index (χ2n) is 5.51. The number of ether oxygens (including phenoxy) is 1. The molecule has 0 bridgehead atoms. The number of nitrogens with zero attached hydrogens (tertiary/aromatic N) is 2. The largest absolute Gasteiger partial charge is 0.485 e. The van der Waals surface area contributed by atoms with Crippen LogP contribution in [0.1, 0.15) is 43.0 Å². The molecule has 1 saturated heterocycles. The van der Waals surface area contributed by atoms with Gasteiger partial charge in [-0.3, -0.25) is 19.8 Å². The molecular weight excluding hydrogens is 284 g/mol. The van der Waals surface area contributed by atoms with E-state index >= 15 is 0 Å². The maximum atomic E-state index is 11.8. The molecule has 6 nitrogen and oxygen atoms in total. The number of nitro groups is 1. The molecule has 0 unspecified atom stereocenters. The van der Waals surface area contributed by atoms with Gasteiger partial charge in [0.25, 0.3) is 0 Å². The first-order chi connectivity index (χ1) is 10.6. The molecule has 1 aromatic carbocycles. The number of hydrogen-bond donors (Lipinski definition) is 0. The van der Waals surface area contributed by atoms with Crippen LogP contribution in [-0.2, 0) is 0 Å². The third-order valence-electron chi connectivity index (χ3n) is 3.82. The Morgan fingerprint density at radius 1 is 1.36 bits per heavy atom. The summed E-state index contributed by atoms with van der Waals surface area (Å²) < 4.78 is 5.56. The van der Waals surface area contributed by atoms with Crippen LogP contribution in [-0.4, -0.2) is 41.8 Å². The Morgan fingerprint density at radius 2 is 2.09 bits per heavy atom. The summed E-state index contributed by atoms with van der Waals surface area (Å²) in [5.74, 6) is 0.159. The van der Waals surface area contributed by atoms with Crippen LogP contribution in [0.15, 0.2) is 18.2 Å². The molecule has 120 valence electrons. The molecule has 0 atom stereocenters. The van der Waals surface area contributed by atoms with Crippen molar-refractivity contribution in [3.05, 3.63) is 33.9 Å². The molecule has 0 N–H and O–H groups in total. The zero-order valence-electron chi connectivity index (χ0n) is 12.9. The predicted octanol–water partition coefficient (Wildman–Crippen LogP) is 3.05. The number of ketones is 1. The first-order valence-electron chi connectivity index (χ1n) is 7.78. The maximum absolute atomic E-state index is 11.8. The van der Waals surface area contributed by atoms with Gasteiger partial charge in [-0.05, 0) is 44.5 Å². The number of carbonyl (C=O) groups excluding carboxylic acids is 1. The molecule has 1 heterocycles. The topological polar surface area (TPSA) is 72.7 Å². The SMILES string of the molecule is CCCC(=O)c1ccc(OCCN2CCCC2)c([N+](=O)[O-])c1. The quantitative estimate of drug-likeness (QED) is 0.419. The van der Waals surface area contributed by atoms with E-state index in [1.807, 2.05) is 6.92 Å². The smallest absolute Gasteiger partial charge is 0.311 e. The minimum Gasteiger partial charge on any atom is -0.485 e. The maximum Gasteiger partial charge on any atom is 0.311 e. The summed E-state index contributed by atoms with van der Waals surface area (Å²) in [7, 11) is 0. The van der Waals surface area contributed by atoms with Crippen molar-refractivity contribution in [3.8, 4) is 5.75 Å². The highest BCUT2D eigenvalue weighted by Gasteiger charge is 2.19. The molecule has 1 aliphatic rings. The third kappa shape index (κ3) is 4.27. The van der Waals surface area contributed by atoms with Gasteiger partial charge >= 0.3 is 5.69 Å². The summed E-state index contributed by atoms with van der Waals surface area (Å²) in [4.78, 5) is 24.8. The second-order valence-corrected chi connectivity index (χ2v) is 5.51. The van der Waals surface area contributed by atoms with Crippen molar-refractivity contribution in [1.29, 1.82) is 0 Å². The van der Waals surface area contributed by atoms with Gasteiger partial charge in [0.05, 0.1) is 4.92 Å². The number of benzene rings is 1. The summed E-state index contributed by atoms with van der Waals surface area (Å²) in [5, 5.41) is 11.2. The molecule has 0 radical (unpaired) electrons. The highest BCUT2D eigenvalue weighted by atomic mass is 16.6. The van der Waals surface area contributed by atoms with Gasteiger partial charge in [-0.15, -0.1) is 0 Å². The van der Waals surface area contributed by atoms with Crippen molar-refractivity contribution >= 4 is 11.5 Å². The minimum atomic E-state index is -0.492. The Hall–Kier alpha value is -1.95. The van der Waals surface area contributed by atoms with Gasteiger partial charge < -0.3 is 4.74 Å². The molecular formula is C16H22N2O4. The van der Waals surface area contributed by atoms with Crippen molar-refractivity contribution in [2.75, 3.05) is 26.2 Å². The van der Waals surface area contributed by atoms with Crippen LogP contribution in [0.4, 0.5) is 5.69 Å². The summed E-state index contributed by atoms with van der Waals surface area (Å²) in [6.45, 7) is 5.23. The normalized spacial score (nSPS) is 15.0. The molecule has 0 aliphatic carbocycles. The predicted molar refractivity (Wildman–Crippen MR) is 83.5 cm³/mol. The van der Waals surface area contributed by atoms with Crippen LogP contribution in [0, 0.1) is 10.1 Å². The van der Waals surface area contributed by atoms with Crippen molar-refractivity contribution < 1.29 is 14.5 Å². The highest BCUT2D eigenvalue weighted by Crippen LogP contribution is 2.28. The van der Waals surface area contributed by atoms with Gasteiger partial charge in [-0.1, -0.05) is 6.92 Å². The Balaban J connectivity index is 2.02. The lowest BCUT2D eigenvalue weighted by Crippen LogP contribution is -2.25. The number of hydrogen-bond acceptors (Lipinski definition) is 5. The second kappa shape index (κ2) is 7.89. The van der Waals surface area contributed by atoms with Crippen LogP contribution in [0.25, 0.3) is 0 Å². The number of nitro benzene ring substituents is 1. The van der Waals surface area contributed by atoms with E-state index in [-0.39, 0.29) is 17.2 Å². The fourth-order valence-electron chi connectivity index (χ4n) is 2.62. The van der Waals surface area contributed by atoms with Gasteiger partial charge in [0.15, 0.2) is 11.5 Å². The summed E-state index contributed by atoms with van der Waals surface area (Å²) >= 11 is 0. The molecule has 22 heavy (non-hydrogen) atoms. The molecule has 1 aromatic rings. The minimum absolute atomic E-state index is 0.0748.